The van der Waals surface area contributed by atoms with Gasteiger partial charge in [-0.25, -0.2) is 9.78 Å². The minimum atomic E-state index is -0.646. The molecule has 0 saturated heterocycles. The average molecular weight is 334 g/mol. The summed E-state index contributed by atoms with van der Waals surface area (Å²) in [6.45, 7) is 0. The van der Waals surface area contributed by atoms with Crippen LogP contribution in [-0.2, 0) is 9.63 Å². The summed E-state index contributed by atoms with van der Waals surface area (Å²) in [5.41, 5.74) is 1.59. The Labute approximate surface area is 142 Å². The van der Waals surface area contributed by atoms with Crippen molar-refractivity contribution in [3.63, 3.8) is 0 Å². The van der Waals surface area contributed by atoms with Crippen LogP contribution in [0.4, 0.5) is 5.69 Å². The van der Waals surface area contributed by atoms with E-state index in [0.717, 1.165) is 0 Å². The van der Waals surface area contributed by atoms with E-state index < -0.39 is 5.97 Å². The number of benzene rings is 2. The van der Waals surface area contributed by atoms with Gasteiger partial charge in [0.05, 0.1) is 6.08 Å². The summed E-state index contributed by atoms with van der Waals surface area (Å²) < 4.78 is 6.62. The smallest absolute Gasteiger partial charge is 0.437 e. The Kier molecular flexibility index (Phi) is 3.59. The predicted molar refractivity (Wildman–Crippen MR) is 86.5 cm³/mol. The quantitative estimate of drug-likeness (QED) is 0.583. The molecule has 1 N–H and O–H groups in total. The van der Waals surface area contributed by atoms with Crippen LogP contribution < -0.4 is 0 Å². The summed E-state index contributed by atoms with van der Waals surface area (Å²) in [5, 5.41) is 13.8. The Morgan fingerprint density at radius 1 is 1.00 bits per heavy atom. The fraction of sp³-hybridized carbons (Fsp3) is 0. The standard InChI is InChI=1S/C18H11N3O4/c22-17-14(19-16(24-17)12-7-3-1-4-8-12)11-15-18(23)25-20-21(15)13-9-5-2-6-10-13/h1-11H/p+1. The zero-order chi connectivity index (χ0) is 17.2. The highest BCUT2D eigenvalue weighted by Crippen LogP contribution is 2.30. The second-order valence-electron chi connectivity index (χ2n) is 5.21. The number of nitrogens with zero attached hydrogens (tertiary/aromatic N) is 3. The summed E-state index contributed by atoms with van der Waals surface area (Å²) in [6.07, 6.45) is 1.37. The molecule has 122 valence electrons. The van der Waals surface area contributed by atoms with Crippen LogP contribution in [0.2, 0.25) is 0 Å². The van der Waals surface area contributed by atoms with Gasteiger partial charge in [-0.2, -0.15) is 0 Å². The number of rotatable bonds is 3. The molecule has 0 amide bonds. The second kappa shape index (κ2) is 6.04. The molecule has 1 aliphatic rings. The molecular formula is C18H12N3O4+. The van der Waals surface area contributed by atoms with Gasteiger partial charge in [0.15, 0.2) is 5.69 Å². The van der Waals surface area contributed by atoms with Gasteiger partial charge in [-0.3, -0.25) is 4.84 Å². The molecule has 0 fully saturated rings. The molecule has 0 spiro atoms. The maximum Gasteiger partial charge on any atom is 0.437 e. The van der Waals surface area contributed by atoms with Crippen molar-refractivity contribution in [1.29, 1.82) is 0 Å². The van der Waals surface area contributed by atoms with Gasteiger partial charge in [-0.1, -0.05) is 36.4 Å². The van der Waals surface area contributed by atoms with E-state index in [9.17, 15) is 9.90 Å². The van der Waals surface area contributed by atoms with Gasteiger partial charge in [0.2, 0.25) is 16.9 Å². The SMILES string of the molecule is O=C1ON=[N+](c2ccccc2)/C1=C/c1nc(-c2ccccc2)oc1O. The third-order valence-corrected chi connectivity index (χ3v) is 3.57. The minimum absolute atomic E-state index is 0.115. The molecule has 1 aliphatic heterocycles. The summed E-state index contributed by atoms with van der Waals surface area (Å²) in [4.78, 5) is 21.0. The van der Waals surface area contributed by atoms with Crippen LogP contribution in [-0.4, -0.2) is 20.8 Å². The van der Waals surface area contributed by atoms with E-state index in [1.807, 2.05) is 36.4 Å². The lowest BCUT2D eigenvalue weighted by atomic mass is 10.2. The number of carbonyl (C=O) groups excluding carboxylic acids is 1. The van der Waals surface area contributed by atoms with Crippen molar-refractivity contribution in [2.75, 3.05) is 0 Å². The molecule has 2 heterocycles. The molecule has 7 nitrogen and oxygen atoms in total. The van der Waals surface area contributed by atoms with Gasteiger partial charge >= 0.3 is 17.6 Å². The number of carbonyl (C=O) groups is 1. The molecular weight excluding hydrogens is 322 g/mol. The molecule has 0 bridgehead atoms. The van der Waals surface area contributed by atoms with Crippen molar-refractivity contribution in [2.24, 2.45) is 5.28 Å². The van der Waals surface area contributed by atoms with E-state index in [1.165, 1.54) is 10.8 Å². The largest absolute Gasteiger partial charge is 0.479 e. The topological polar surface area (TPSA) is 87.9 Å². The maximum atomic E-state index is 12.0. The van der Waals surface area contributed by atoms with E-state index in [1.54, 1.807) is 24.3 Å². The number of hydrogen-bond donors (Lipinski definition) is 1. The van der Waals surface area contributed by atoms with Crippen LogP contribution in [0.1, 0.15) is 5.69 Å². The molecule has 0 saturated carbocycles. The van der Waals surface area contributed by atoms with Crippen molar-refractivity contribution >= 4 is 17.7 Å². The molecule has 2 aromatic carbocycles. The molecule has 0 unspecified atom stereocenters. The van der Waals surface area contributed by atoms with E-state index in [-0.39, 0.29) is 23.2 Å². The summed E-state index contributed by atoms with van der Waals surface area (Å²) in [7, 11) is 0. The zero-order valence-electron chi connectivity index (χ0n) is 12.9. The maximum absolute atomic E-state index is 12.0. The van der Waals surface area contributed by atoms with E-state index in [0.29, 0.717) is 11.3 Å². The lowest BCUT2D eigenvalue weighted by molar-refractivity contribution is -0.462. The predicted octanol–water partition coefficient (Wildman–Crippen LogP) is 3.66. The van der Waals surface area contributed by atoms with Gasteiger partial charge in [0.25, 0.3) is 0 Å². The molecule has 0 radical (unpaired) electrons. The highest BCUT2D eigenvalue weighted by molar-refractivity contribution is 5.91. The second-order valence-corrected chi connectivity index (χ2v) is 5.21. The number of aromatic hydroxyl groups is 1. The molecule has 7 heteroatoms. The third kappa shape index (κ3) is 2.78. The average Bonchev–Trinajstić information content (AvgIpc) is 3.20. The Morgan fingerprint density at radius 3 is 2.40 bits per heavy atom. The molecule has 1 aromatic heterocycles. The van der Waals surface area contributed by atoms with E-state index in [4.69, 9.17) is 9.25 Å². The van der Waals surface area contributed by atoms with Gasteiger partial charge in [0, 0.05) is 17.7 Å². The summed E-state index contributed by atoms with van der Waals surface area (Å²) >= 11 is 0. The van der Waals surface area contributed by atoms with E-state index >= 15 is 0 Å². The van der Waals surface area contributed by atoms with Crippen LogP contribution in [0.5, 0.6) is 5.95 Å². The fourth-order valence-electron chi connectivity index (χ4n) is 2.38. The first-order valence-corrected chi connectivity index (χ1v) is 7.47. The van der Waals surface area contributed by atoms with Crippen molar-refractivity contribution in [1.82, 2.24) is 4.98 Å². The number of oxazole rings is 1. The summed E-state index contributed by atoms with van der Waals surface area (Å²) in [5.74, 6) is -0.786. The first-order valence-electron chi connectivity index (χ1n) is 7.47. The van der Waals surface area contributed by atoms with Crippen LogP contribution >= 0.6 is 0 Å². The zero-order valence-corrected chi connectivity index (χ0v) is 12.9. The van der Waals surface area contributed by atoms with Crippen LogP contribution in [0, 0.1) is 0 Å². The van der Waals surface area contributed by atoms with Gasteiger partial charge in [0.1, 0.15) is 0 Å². The van der Waals surface area contributed by atoms with Gasteiger partial charge in [-0.05, 0) is 16.8 Å². The molecule has 0 atom stereocenters. The molecule has 4 rings (SSSR count). The lowest BCUT2D eigenvalue weighted by Gasteiger charge is -1.91. The third-order valence-electron chi connectivity index (χ3n) is 3.57. The molecule has 3 aromatic rings. The van der Waals surface area contributed by atoms with Crippen molar-refractivity contribution in [2.45, 2.75) is 0 Å². The van der Waals surface area contributed by atoms with E-state index in [2.05, 4.69) is 10.3 Å². The monoisotopic (exact) mass is 334 g/mol. The highest BCUT2D eigenvalue weighted by atomic mass is 16.7. The highest BCUT2D eigenvalue weighted by Gasteiger charge is 2.37. The van der Waals surface area contributed by atoms with Crippen LogP contribution in [0.15, 0.2) is 76.1 Å². The molecule has 25 heavy (non-hydrogen) atoms. The number of para-hydroxylation sites is 1. The Morgan fingerprint density at radius 2 is 1.68 bits per heavy atom. The minimum Gasteiger partial charge on any atom is -0.479 e. The van der Waals surface area contributed by atoms with Crippen molar-refractivity contribution in [3.05, 3.63) is 72.1 Å². The summed E-state index contributed by atoms with van der Waals surface area (Å²) in [6, 6.07) is 18.2. The van der Waals surface area contributed by atoms with Gasteiger partial charge in [-0.15, -0.1) is 0 Å². The number of aromatic nitrogens is 1. The lowest BCUT2D eigenvalue weighted by Crippen LogP contribution is -2.05. The van der Waals surface area contributed by atoms with Gasteiger partial charge < -0.3 is 9.52 Å². The van der Waals surface area contributed by atoms with Crippen LogP contribution in [0.3, 0.4) is 0 Å². The Hall–Kier alpha value is -3.74. The Balaban J connectivity index is 1.74. The first kappa shape index (κ1) is 14.8. The van der Waals surface area contributed by atoms with Crippen LogP contribution in [0.25, 0.3) is 17.5 Å². The number of hydrogen-bond acceptors (Lipinski definition) is 6. The first-order chi connectivity index (χ1) is 12.2. The van der Waals surface area contributed by atoms with Crippen molar-refractivity contribution in [3.8, 4) is 17.4 Å². The fourth-order valence-corrected chi connectivity index (χ4v) is 2.38. The van der Waals surface area contributed by atoms with Crippen molar-refractivity contribution < 1.29 is 23.9 Å². The Bertz CT molecular complexity index is 992. The normalized spacial score (nSPS) is 15.3. The molecule has 0 aliphatic carbocycles.